The molecule has 0 heterocycles. The van der Waals surface area contributed by atoms with Gasteiger partial charge in [0.1, 0.15) is 32.1 Å². The van der Waals surface area contributed by atoms with Crippen LogP contribution in [0.5, 0.6) is 5.75 Å². The van der Waals surface area contributed by atoms with E-state index in [1.807, 2.05) is 33.3 Å². The number of likely N-dealkylation sites (N-methyl/N-ethyl adjacent to an activating group) is 1. The van der Waals surface area contributed by atoms with Crippen LogP contribution in [-0.2, 0) is 42.6 Å². The third kappa shape index (κ3) is 37.5. The van der Waals surface area contributed by atoms with E-state index in [1.54, 1.807) is 0 Å². The average molecular weight is 967 g/mol. The Morgan fingerprint density at radius 1 is 0.537 bits per heavy atom. The van der Waals surface area contributed by atoms with Gasteiger partial charge in [0.05, 0.1) is 34.4 Å². The Bertz CT molecular complexity index is 1400. The van der Waals surface area contributed by atoms with Crippen molar-refractivity contribution >= 4 is 19.8 Å². The zero-order valence-electron chi connectivity index (χ0n) is 45.2. The Morgan fingerprint density at radius 2 is 0.955 bits per heavy atom. The summed E-state index contributed by atoms with van der Waals surface area (Å²) < 4.78 is 49.6. The lowest BCUT2D eigenvalue weighted by atomic mass is 9.72. The first-order valence-electron chi connectivity index (χ1n) is 27.3. The summed E-state index contributed by atoms with van der Waals surface area (Å²) >= 11 is 0. The van der Waals surface area contributed by atoms with Crippen molar-refractivity contribution in [3.63, 3.8) is 0 Å². The van der Waals surface area contributed by atoms with E-state index in [4.69, 9.17) is 27.8 Å². The summed E-state index contributed by atoms with van der Waals surface area (Å²) in [5.41, 5.74) is 1.44. The minimum atomic E-state index is -4.14. The number of carbonyl (C=O) groups excluding carboxylic acids is 2. The highest BCUT2D eigenvalue weighted by atomic mass is 31.2. The van der Waals surface area contributed by atoms with Gasteiger partial charge in [-0.25, -0.2) is 4.57 Å². The van der Waals surface area contributed by atoms with Crippen molar-refractivity contribution in [3.8, 4) is 5.75 Å². The fourth-order valence-electron chi connectivity index (χ4n) is 8.64. The van der Waals surface area contributed by atoms with Crippen LogP contribution < -0.4 is 4.74 Å². The number of carbonyl (C=O) groups is 2. The maximum absolute atomic E-state index is 14.1. The fraction of sp³-hybridized carbons (Fsp3) is 0.857. The van der Waals surface area contributed by atoms with E-state index in [-0.39, 0.29) is 56.3 Å². The molecule has 1 unspecified atom stereocenters. The molecule has 0 bridgehead atoms. The van der Waals surface area contributed by atoms with Gasteiger partial charge in [0.2, 0.25) is 0 Å². The summed E-state index contributed by atoms with van der Waals surface area (Å²) in [5.74, 6) is -0.0639. The SMILES string of the molecule is CCCCCCCCCCCCCCCC(=O)OC[C@H](COP(=O)(OCCOc1ccc(C(C)(C)CC(C)(C)C)cc1)OCC[N+](C)(C)C)OC(=O)CCCCCCCCCCCCCCC. The summed E-state index contributed by atoms with van der Waals surface area (Å²) in [5, 5.41) is 0. The van der Waals surface area contributed by atoms with Gasteiger partial charge in [-0.05, 0) is 47.8 Å². The van der Waals surface area contributed by atoms with Crippen molar-refractivity contribution in [2.45, 2.75) is 246 Å². The number of esters is 2. The first-order valence-corrected chi connectivity index (χ1v) is 28.8. The van der Waals surface area contributed by atoms with Crippen molar-refractivity contribution in [2.75, 3.05) is 60.7 Å². The molecular weight excluding hydrogens is 862 g/mol. The van der Waals surface area contributed by atoms with Gasteiger partial charge in [-0.2, -0.15) is 0 Å². The van der Waals surface area contributed by atoms with Gasteiger partial charge in [-0.15, -0.1) is 0 Å². The molecule has 0 spiro atoms. The highest BCUT2D eigenvalue weighted by Crippen LogP contribution is 2.49. The highest BCUT2D eigenvalue weighted by molar-refractivity contribution is 7.48. The van der Waals surface area contributed by atoms with E-state index in [0.717, 1.165) is 44.9 Å². The van der Waals surface area contributed by atoms with Gasteiger partial charge in [-0.3, -0.25) is 23.2 Å². The van der Waals surface area contributed by atoms with Gasteiger partial charge in [-0.1, -0.05) is 215 Å². The largest absolute Gasteiger partial charge is 0.491 e. The Balaban J connectivity index is 2.76. The van der Waals surface area contributed by atoms with Crippen LogP contribution in [0, 0.1) is 5.41 Å². The Labute approximate surface area is 412 Å². The van der Waals surface area contributed by atoms with Gasteiger partial charge < -0.3 is 18.7 Å². The van der Waals surface area contributed by atoms with E-state index < -0.39 is 19.9 Å². The van der Waals surface area contributed by atoms with Gasteiger partial charge in [0, 0.05) is 12.8 Å². The molecule has 2 atom stereocenters. The van der Waals surface area contributed by atoms with Crippen LogP contribution in [0.15, 0.2) is 24.3 Å². The molecule has 0 aliphatic heterocycles. The zero-order valence-corrected chi connectivity index (χ0v) is 46.1. The van der Waals surface area contributed by atoms with Crippen LogP contribution in [0.25, 0.3) is 0 Å². The number of quaternary nitrogens is 1. The molecule has 0 saturated carbocycles. The van der Waals surface area contributed by atoms with E-state index >= 15 is 0 Å². The van der Waals surface area contributed by atoms with Crippen LogP contribution in [0.4, 0.5) is 0 Å². The smallest absolute Gasteiger partial charge is 0.475 e. The van der Waals surface area contributed by atoms with Crippen LogP contribution in [0.1, 0.15) is 240 Å². The Morgan fingerprint density at radius 3 is 1.39 bits per heavy atom. The van der Waals surface area contributed by atoms with Crippen LogP contribution in [0.2, 0.25) is 0 Å². The molecule has 0 radical (unpaired) electrons. The standard InChI is InChI=1S/C56H105NO9P/c1-11-13-15-17-19-21-23-25-27-29-31-33-35-37-53(58)62-47-52(66-54(59)38-36-34-32-30-28-26-24-22-20-18-16-14-12-2)48-65-67(60,63-44-43-57(8,9)10)64-46-45-61-51-41-39-50(40-42-51)56(6,7)49-55(3,4)5/h39-42,52H,11-38,43-49H2,1-10H3/q+1/t52-,67?/m1/s1. The number of rotatable bonds is 45. The summed E-state index contributed by atoms with van der Waals surface area (Å²) in [6.07, 6.45) is 32.4. The number of ether oxygens (including phenoxy) is 3. The first kappa shape index (κ1) is 63.0. The fourth-order valence-corrected chi connectivity index (χ4v) is 9.82. The van der Waals surface area contributed by atoms with E-state index in [9.17, 15) is 14.2 Å². The molecule has 1 rings (SSSR count). The summed E-state index contributed by atoms with van der Waals surface area (Å²) in [6, 6.07) is 8.08. The molecule has 1 aromatic carbocycles. The third-order valence-electron chi connectivity index (χ3n) is 12.3. The van der Waals surface area contributed by atoms with E-state index in [0.29, 0.717) is 23.2 Å². The molecule has 67 heavy (non-hydrogen) atoms. The molecule has 0 aliphatic rings. The number of hydrogen-bond donors (Lipinski definition) is 0. The van der Waals surface area contributed by atoms with Crippen LogP contribution in [-0.4, -0.2) is 83.2 Å². The summed E-state index contributed by atoms with van der Waals surface area (Å²) in [7, 11) is 1.90. The normalized spacial score (nSPS) is 13.6. The van der Waals surface area contributed by atoms with Crippen LogP contribution in [0.3, 0.4) is 0 Å². The maximum Gasteiger partial charge on any atom is 0.475 e. The van der Waals surface area contributed by atoms with Crippen LogP contribution >= 0.6 is 7.82 Å². The lowest BCUT2D eigenvalue weighted by Gasteiger charge is -2.33. The second kappa shape index (κ2) is 37.8. The van der Waals surface area contributed by atoms with Crippen molar-refractivity contribution in [3.05, 3.63) is 29.8 Å². The summed E-state index contributed by atoms with van der Waals surface area (Å²) in [6.45, 7) is 16.0. The molecule has 392 valence electrons. The van der Waals surface area contributed by atoms with E-state index in [2.05, 4.69) is 60.6 Å². The zero-order chi connectivity index (χ0) is 49.7. The monoisotopic (exact) mass is 967 g/mol. The Hall–Kier alpha value is -1.97. The average Bonchev–Trinajstić information content (AvgIpc) is 3.25. The minimum absolute atomic E-state index is 0.00955. The number of benzene rings is 1. The molecular formula is C56H105NO9P+. The quantitative estimate of drug-likeness (QED) is 0.0273. The highest BCUT2D eigenvalue weighted by Gasteiger charge is 2.31. The second-order valence-corrected chi connectivity index (χ2v) is 23.9. The molecule has 0 N–H and O–H groups in total. The first-order chi connectivity index (χ1) is 31.9. The Kier molecular flexibility index (Phi) is 35.6. The van der Waals surface area contributed by atoms with Gasteiger partial charge in [0.25, 0.3) is 0 Å². The third-order valence-corrected chi connectivity index (χ3v) is 13.8. The topological polar surface area (TPSA) is 107 Å². The number of phosphoric acid groups is 1. The number of hydrogen-bond acceptors (Lipinski definition) is 9. The van der Waals surface area contributed by atoms with Crippen molar-refractivity contribution in [1.29, 1.82) is 0 Å². The maximum atomic E-state index is 14.1. The molecule has 0 saturated heterocycles. The molecule has 11 heteroatoms. The van der Waals surface area contributed by atoms with Gasteiger partial charge in [0.15, 0.2) is 6.10 Å². The lowest BCUT2D eigenvalue weighted by molar-refractivity contribution is -0.870. The van der Waals surface area contributed by atoms with Crippen molar-refractivity contribution in [1.82, 2.24) is 0 Å². The van der Waals surface area contributed by atoms with Crippen molar-refractivity contribution in [2.24, 2.45) is 5.41 Å². The molecule has 10 nitrogen and oxygen atoms in total. The summed E-state index contributed by atoms with van der Waals surface area (Å²) in [4.78, 5) is 26.0. The predicted molar refractivity (Wildman–Crippen MR) is 279 cm³/mol. The lowest BCUT2D eigenvalue weighted by Crippen LogP contribution is -2.37. The number of phosphoric ester groups is 1. The molecule has 1 aromatic rings. The number of nitrogens with zero attached hydrogens (tertiary/aromatic N) is 1. The predicted octanol–water partition coefficient (Wildman–Crippen LogP) is 16.1. The molecule has 0 fully saturated rings. The number of unbranched alkanes of at least 4 members (excludes halogenated alkanes) is 24. The van der Waals surface area contributed by atoms with Gasteiger partial charge >= 0.3 is 19.8 Å². The molecule has 0 aliphatic carbocycles. The molecule has 0 amide bonds. The molecule has 0 aromatic heterocycles. The second-order valence-electron chi connectivity index (χ2n) is 22.2. The van der Waals surface area contributed by atoms with Crippen molar-refractivity contribution < 1.29 is 46.4 Å². The van der Waals surface area contributed by atoms with E-state index in [1.165, 1.54) is 134 Å². The minimum Gasteiger partial charge on any atom is -0.491 e.